The largest absolute Gasteiger partial charge is 0.334 e. The van der Waals surface area contributed by atoms with Crippen molar-refractivity contribution in [2.75, 3.05) is 6.54 Å². The molecule has 5 heteroatoms. The van der Waals surface area contributed by atoms with E-state index in [9.17, 15) is 9.18 Å². The van der Waals surface area contributed by atoms with E-state index in [1.165, 1.54) is 18.7 Å². The molecule has 1 aliphatic heterocycles. The fraction of sp³-hybridized carbons (Fsp3) is 0.529. The molecule has 0 saturated carbocycles. The Bertz CT molecular complexity index is 695. The second kappa shape index (κ2) is 6.07. The standard InChI is InChI=1S/C17H22FN3O/c1-3-13-7-5-6-10-20(13)17(22)16-14(4-2)19-15-9-8-12(18)11-21(15)16/h8-9,11,13H,3-7,10H2,1-2H3. The highest BCUT2D eigenvalue weighted by molar-refractivity contribution is 5.95. The van der Waals surface area contributed by atoms with Gasteiger partial charge in [0.05, 0.1) is 5.69 Å². The van der Waals surface area contributed by atoms with E-state index in [1.807, 2.05) is 11.8 Å². The molecular weight excluding hydrogens is 281 g/mol. The molecule has 3 rings (SSSR count). The molecule has 0 N–H and O–H groups in total. The van der Waals surface area contributed by atoms with Crippen molar-refractivity contribution in [1.29, 1.82) is 0 Å². The molecule has 1 saturated heterocycles. The number of hydrogen-bond acceptors (Lipinski definition) is 2. The van der Waals surface area contributed by atoms with E-state index in [-0.39, 0.29) is 17.8 Å². The van der Waals surface area contributed by atoms with Gasteiger partial charge < -0.3 is 4.90 Å². The van der Waals surface area contributed by atoms with Crippen LogP contribution in [0.5, 0.6) is 0 Å². The highest BCUT2D eigenvalue weighted by atomic mass is 19.1. The van der Waals surface area contributed by atoms with Crippen molar-refractivity contribution < 1.29 is 9.18 Å². The van der Waals surface area contributed by atoms with Crippen LogP contribution in [-0.2, 0) is 6.42 Å². The Morgan fingerprint density at radius 3 is 2.91 bits per heavy atom. The quantitative estimate of drug-likeness (QED) is 0.871. The number of carbonyl (C=O) groups is 1. The summed E-state index contributed by atoms with van der Waals surface area (Å²) in [6.07, 6.45) is 6.24. The van der Waals surface area contributed by atoms with Crippen LogP contribution < -0.4 is 0 Å². The zero-order valence-electron chi connectivity index (χ0n) is 13.2. The monoisotopic (exact) mass is 303 g/mol. The molecule has 2 aromatic heterocycles. The lowest BCUT2D eigenvalue weighted by atomic mass is 9.99. The average Bonchev–Trinajstić information content (AvgIpc) is 2.91. The molecule has 118 valence electrons. The Labute approximate surface area is 129 Å². The number of fused-ring (bicyclic) bond motifs is 1. The number of imidazole rings is 1. The Hall–Kier alpha value is -1.91. The first-order valence-corrected chi connectivity index (χ1v) is 8.13. The fourth-order valence-corrected chi connectivity index (χ4v) is 3.37. The first-order valence-electron chi connectivity index (χ1n) is 8.13. The van der Waals surface area contributed by atoms with E-state index in [4.69, 9.17) is 0 Å². The highest BCUT2D eigenvalue weighted by Crippen LogP contribution is 2.24. The van der Waals surface area contributed by atoms with E-state index < -0.39 is 0 Å². The van der Waals surface area contributed by atoms with Crippen molar-refractivity contribution in [3.63, 3.8) is 0 Å². The molecule has 0 aliphatic carbocycles. The Morgan fingerprint density at radius 2 is 2.18 bits per heavy atom. The molecule has 1 unspecified atom stereocenters. The normalized spacial score (nSPS) is 18.9. The summed E-state index contributed by atoms with van der Waals surface area (Å²) in [4.78, 5) is 19.5. The number of likely N-dealkylation sites (tertiary alicyclic amines) is 1. The molecule has 0 spiro atoms. The minimum Gasteiger partial charge on any atom is -0.334 e. The van der Waals surface area contributed by atoms with Gasteiger partial charge in [0.2, 0.25) is 0 Å². The number of aryl methyl sites for hydroxylation is 1. The third-order valence-corrected chi connectivity index (χ3v) is 4.55. The lowest BCUT2D eigenvalue weighted by Gasteiger charge is -2.35. The number of piperidine rings is 1. The minimum atomic E-state index is -0.354. The average molecular weight is 303 g/mol. The third kappa shape index (κ3) is 2.49. The number of hydrogen-bond donors (Lipinski definition) is 0. The molecular formula is C17H22FN3O. The van der Waals surface area contributed by atoms with Crippen molar-refractivity contribution >= 4 is 11.6 Å². The Morgan fingerprint density at radius 1 is 1.36 bits per heavy atom. The number of aromatic nitrogens is 2. The van der Waals surface area contributed by atoms with Gasteiger partial charge in [0.15, 0.2) is 0 Å². The van der Waals surface area contributed by atoms with E-state index in [0.717, 1.165) is 31.5 Å². The molecule has 22 heavy (non-hydrogen) atoms. The summed E-state index contributed by atoms with van der Waals surface area (Å²) in [6.45, 7) is 4.87. The van der Waals surface area contributed by atoms with Gasteiger partial charge >= 0.3 is 0 Å². The van der Waals surface area contributed by atoms with Crippen LogP contribution in [0.1, 0.15) is 55.7 Å². The van der Waals surface area contributed by atoms with Crippen molar-refractivity contribution in [3.05, 3.63) is 35.5 Å². The zero-order valence-corrected chi connectivity index (χ0v) is 13.2. The highest BCUT2D eigenvalue weighted by Gasteiger charge is 2.30. The van der Waals surface area contributed by atoms with Gasteiger partial charge in [-0.15, -0.1) is 0 Å². The van der Waals surface area contributed by atoms with Gasteiger partial charge in [-0.1, -0.05) is 13.8 Å². The molecule has 4 nitrogen and oxygen atoms in total. The number of carbonyl (C=O) groups excluding carboxylic acids is 1. The topological polar surface area (TPSA) is 37.6 Å². The maximum atomic E-state index is 13.6. The number of amides is 1. The number of rotatable bonds is 3. The van der Waals surface area contributed by atoms with Gasteiger partial charge in [0.25, 0.3) is 5.91 Å². The van der Waals surface area contributed by atoms with Gasteiger partial charge in [0.1, 0.15) is 17.2 Å². The van der Waals surface area contributed by atoms with Crippen molar-refractivity contribution in [3.8, 4) is 0 Å². The molecule has 1 fully saturated rings. The summed E-state index contributed by atoms with van der Waals surface area (Å²) in [7, 11) is 0. The maximum Gasteiger partial charge on any atom is 0.273 e. The van der Waals surface area contributed by atoms with E-state index in [0.29, 0.717) is 17.8 Å². The van der Waals surface area contributed by atoms with Gasteiger partial charge in [-0.05, 0) is 44.2 Å². The Balaban J connectivity index is 2.07. The number of pyridine rings is 1. The summed E-state index contributed by atoms with van der Waals surface area (Å²) in [6, 6.07) is 3.29. The van der Waals surface area contributed by atoms with Gasteiger partial charge in [-0.2, -0.15) is 0 Å². The summed E-state index contributed by atoms with van der Waals surface area (Å²) >= 11 is 0. The number of nitrogens with zero attached hydrogens (tertiary/aromatic N) is 3. The van der Waals surface area contributed by atoms with Crippen molar-refractivity contribution in [1.82, 2.24) is 14.3 Å². The molecule has 1 atom stereocenters. The van der Waals surface area contributed by atoms with Crippen molar-refractivity contribution in [2.45, 2.75) is 52.0 Å². The molecule has 0 bridgehead atoms. The van der Waals surface area contributed by atoms with Crippen LogP contribution in [0.2, 0.25) is 0 Å². The lowest BCUT2D eigenvalue weighted by molar-refractivity contribution is 0.0599. The fourth-order valence-electron chi connectivity index (χ4n) is 3.37. The lowest BCUT2D eigenvalue weighted by Crippen LogP contribution is -2.44. The molecule has 1 aliphatic rings. The Kier molecular flexibility index (Phi) is 4.14. The first kappa shape index (κ1) is 15.0. The predicted molar refractivity (Wildman–Crippen MR) is 83.5 cm³/mol. The van der Waals surface area contributed by atoms with E-state index in [1.54, 1.807) is 10.5 Å². The predicted octanol–water partition coefficient (Wildman–Crippen LogP) is 3.44. The van der Waals surface area contributed by atoms with E-state index >= 15 is 0 Å². The molecule has 3 heterocycles. The molecule has 1 amide bonds. The molecule has 0 radical (unpaired) electrons. The maximum absolute atomic E-state index is 13.6. The van der Waals surface area contributed by atoms with Gasteiger partial charge in [-0.25, -0.2) is 9.37 Å². The minimum absolute atomic E-state index is 0.0125. The van der Waals surface area contributed by atoms with Crippen LogP contribution in [0.15, 0.2) is 18.3 Å². The van der Waals surface area contributed by atoms with Crippen LogP contribution in [-0.4, -0.2) is 32.8 Å². The zero-order chi connectivity index (χ0) is 15.7. The van der Waals surface area contributed by atoms with Crippen LogP contribution in [0.4, 0.5) is 4.39 Å². The molecule has 2 aromatic rings. The summed E-state index contributed by atoms with van der Waals surface area (Å²) in [5.74, 6) is -0.367. The summed E-state index contributed by atoms with van der Waals surface area (Å²) in [5, 5.41) is 0. The summed E-state index contributed by atoms with van der Waals surface area (Å²) < 4.78 is 15.2. The number of halogens is 1. The first-order chi connectivity index (χ1) is 10.7. The second-order valence-corrected chi connectivity index (χ2v) is 5.89. The van der Waals surface area contributed by atoms with Crippen LogP contribution in [0, 0.1) is 5.82 Å². The van der Waals surface area contributed by atoms with E-state index in [2.05, 4.69) is 11.9 Å². The van der Waals surface area contributed by atoms with Gasteiger partial charge in [-0.3, -0.25) is 9.20 Å². The third-order valence-electron chi connectivity index (χ3n) is 4.55. The second-order valence-electron chi connectivity index (χ2n) is 5.89. The smallest absolute Gasteiger partial charge is 0.273 e. The van der Waals surface area contributed by atoms with Crippen molar-refractivity contribution in [2.24, 2.45) is 0 Å². The summed E-state index contributed by atoms with van der Waals surface area (Å²) in [5.41, 5.74) is 1.90. The molecule has 0 aromatic carbocycles. The SMILES string of the molecule is CCc1nc2ccc(F)cn2c1C(=O)N1CCCCC1CC. The van der Waals surface area contributed by atoms with Gasteiger partial charge in [0, 0.05) is 18.8 Å². The van der Waals surface area contributed by atoms with Crippen LogP contribution in [0.25, 0.3) is 5.65 Å². The van der Waals surface area contributed by atoms with Crippen LogP contribution in [0.3, 0.4) is 0 Å². The van der Waals surface area contributed by atoms with Crippen LogP contribution >= 0.6 is 0 Å².